The van der Waals surface area contributed by atoms with E-state index in [1.807, 2.05) is 30.3 Å². The van der Waals surface area contributed by atoms with Gasteiger partial charge in [0.2, 0.25) is 5.91 Å². The number of nitrogens with one attached hydrogen (secondary N) is 2. The normalized spacial score (nSPS) is 14.4. The average molecular weight is 241 g/mol. The molecule has 3 rings (SSSR count). The number of nitrogens with zero attached hydrogens (tertiary/aromatic N) is 1. The maximum atomic E-state index is 11.6. The van der Waals surface area contributed by atoms with Crippen molar-refractivity contribution in [1.29, 1.82) is 0 Å². The predicted molar refractivity (Wildman–Crippen MR) is 71.4 cm³/mol. The van der Waals surface area contributed by atoms with Gasteiger partial charge in [0.15, 0.2) is 0 Å². The van der Waals surface area contributed by atoms with Gasteiger partial charge in [-0.15, -0.1) is 0 Å². The first-order chi connectivity index (χ1) is 8.83. The monoisotopic (exact) mass is 241 g/mol. The highest BCUT2D eigenvalue weighted by molar-refractivity contribution is 5.92. The van der Waals surface area contributed by atoms with Gasteiger partial charge in [-0.2, -0.15) is 0 Å². The fourth-order valence-corrected chi connectivity index (χ4v) is 1.93. The average Bonchev–Trinajstić information content (AvgIpc) is 3.20. The Morgan fingerprint density at radius 3 is 2.94 bits per heavy atom. The molecule has 0 bridgehead atoms. The van der Waals surface area contributed by atoms with E-state index in [-0.39, 0.29) is 5.91 Å². The summed E-state index contributed by atoms with van der Waals surface area (Å²) in [5.41, 5.74) is 1.80. The molecule has 0 radical (unpaired) electrons. The second kappa shape index (κ2) is 4.64. The highest BCUT2D eigenvalue weighted by atomic mass is 16.2. The van der Waals surface area contributed by atoms with E-state index in [0.717, 1.165) is 29.4 Å². The number of anilines is 1. The summed E-state index contributed by atoms with van der Waals surface area (Å²) in [6.45, 7) is 0.298. The van der Waals surface area contributed by atoms with Gasteiger partial charge >= 0.3 is 0 Å². The van der Waals surface area contributed by atoms with Crippen molar-refractivity contribution in [3.63, 3.8) is 0 Å². The zero-order valence-corrected chi connectivity index (χ0v) is 10.0. The van der Waals surface area contributed by atoms with Crippen LogP contribution < -0.4 is 10.6 Å². The SMILES string of the molecule is O=C(CNc1cccc2cccnc12)NC1CC1. The van der Waals surface area contributed by atoms with Crippen LogP contribution in [0.1, 0.15) is 12.8 Å². The van der Waals surface area contributed by atoms with Crippen LogP contribution in [0.2, 0.25) is 0 Å². The van der Waals surface area contributed by atoms with Crippen molar-refractivity contribution < 1.29 is 4.79 Å². The molecule has 4 heteroatoms. The van der Waals surface area contributed by atoms with Crippen LogP contribution in [0.3, 0.4) is 0 Å². The lowest BCUT2D eigenvalue weighted by atomic mass is 10.2. The molecule has 92 valence electrons. The van der Waals surface area contributed by atoms with Gasteiger partial charge in [-0.25, -0.2) is 0 Å². The van der Waals surface area contributed by atoms with Crippen molar-refractivity contribution in [3.8, 4) is 0 Å². The third kappa shape index (κ3) is 2.42. The standard InChI is InChI=1S/C14H15N3O/c18-13(17-11-6-7-11)9-16-12-5-1-3-10-4-2-8-15-14(10)12/h1-5,8,11,16H,6-7,9H2,(H,17,18). The highest BCUT2D eigenvalue weighted by Gasteiger charge is 2.22. The van der Waals surface area contributed by atoms with Crippen molar-refractivity contribution in [1.82, 2.24) is 10.3 Å². The van der Waals surface area contributed by atoms with Crippen LogP contribution in [0.5, 0.6) is 0 Å². The van der Waals surface area contributed by atoms with E-state index < -0.39 is 0 Å². The van der Waals surface area contributed by atoms with E-state index in [2.05, 4.69) is 15.6 Å². The van der Waals surface area contributed by atoms with Crippen LogP contribution in [-0.4, -0.2) is 23.5 Å². The maximum Gasteiger partial charge on any atom is 0.239 e. The lowest BCUT2D eigenvalue weighted by molar-refractivity contribution is -0.119. The summed E-state index contributed by atoms with van der Waals surface area (Å²) in [4.78, 5) is 15.9. The van der Waals surface area contributed by atoms with Crippen LogP contribution in [0.15, 0.2) is 36.5 Å². The molecule has 0 aliphatic heterocycles. The first-order valence-electron chi connectivity index (χ1n) is 6.20. The van der Waals surface area contributed by atoms with Gasteiger partial charge in [0.05, 0.1) is 17.7 Å². The Balaban J connectivity index is 1.71. The van der Waals surface area contributed by atoms with Crippen LogP contribution in [0, 0.1) is 0 Å². The molecule has 1 aromatic heterocycles. The van der Waals surface area contributed by atoms with Crippen molar-refractivity contribution in [3.05, 3.63) is 36.5 Å². The number of amides is 1. The molecule has 0 unspecified atom stereocenters. The lowest BCUT2D eigenvalue weighted by Gasteiger charge is -2.09. The van der Waals surface area contributed by atoms with Crippen molar-refractivity contribution in [2.45, 2.75) is 18.9 Å². The Hall–Kier alpha value is -2.10. The maximum absolute atomic E-state index is 11.6. The van der Waals surface area contributed by atoms with E-state index in [1.165, 1.54) is 0 Å². The predicted octanol–water partition coefficient (Wildman–Crippen LogP) is 1.93. The minimum absolute atomic E-state index is 0.0467. The summed E-state index contributed by atoms with van der Waals surface area (Å²) >= 11 is 0. The molecule has 0 atom stereocenters. The third-order valence-electron chi connectivity index (χ3n) is 3.01. The number of carbonyl (C=O) groups is 1. The summed E-state index contributed by atoms with van der Waals surface area (Å²) < 4.78 is 0. The van der Waals surface area contributed by atoms with Gasteiger partial charge < -0.3 is 10.6 Å². The Kier molecular flexibility index (Phi) is 2.84. The lowest BCUT2D eigenvalue weighted by Crippen LogP contribution is -2.31. The van der Waals surface area contributed by atoms with E-state index in [1.54, 1.807) is 6.20 Å². The van der Waals surface area contributed by atoms with E-state index >= 15 is 0 Å². The summed E-state index contributed by atoms with van der Waals surface area (Å²) in [5.74, 6) is 0.0467. The number of aromatic nitrogens is 1. The summed E-state index contributed by atoms with van der Waals surface area (Å²) in [6.07, 6.45) is 3.99. The Morgan fingerprint density at radius 1 is 1.28 bits per heavy atom. The minimum atomic E-state index is 0.0467. The van der Waals surface area contributed by atoms with Crippen LogP contribution in [0.4, 0.5) is 5.69 Å². The molecule has 1 aliphatic carbocycles. The fourth-order valence-electron chi connectivity index (χ4n) is 1.93. The number of fused-ring (bicyclic) bond motifs is 1. The molecule has 0 spiro atoms. The van der Waals surface area contributed by atoms with Gasteiger partial charge in [-0.1, -0.05) is 18.2 Å². The molecule has 1 aliphatic rings. The summed E-state index contributed by atoms with van der Waals surface area (Å²) in [5, 5.41) is 7.17. The zero-order chi connectivity index (χ0) is 12.4. The number of carbonyl (C=O) groups excluding carboxylic acids is 1. The van der Waals surface area contributed by atoms with E-state index in [4.69, 9.17) is 0 Å². The van der Waals surface area contributed by atoms with E-state index in [9.17, 15) is 4.79 Å². The first-order valence-corrected chi connectivity index (χ1v) is 6.20. The minimum Gasteiger partial charge on any atom is -0.374 e. The molecule has 18 heavy (non-hydrogen) atoms. The number of hydrogen-bond acceptors (Lipinski definition) is 3. The van der Waals surface area contributed by atoms with Gasteiger partial charge in [0.1, 0.15) is 0 Å². The molecule has 1 heterocycles. The van der Waals surface area contributed by atoms with Crippen molar-refractivity contribution >= 4 is 22.5 Å². The quantitative estimate of drug-likeness (QED) is 0.860. The second-order valence-electron chi connectivity index (χ2n) is 4.58. The first kappa shape index (κ1) is 11.0. The summed E-state index contributed by atoms with van der Waals surface area (Å²) in [7, 11) is 0. The van der Waals surface area contributed by atoms with Gasteiger partial charge in [0.25, 0.3) is 0 Å². The molecule has 1 fully saturated rings. The third-order valence-corrected chi connectivity index (χ3v) is 3.01. The van der Waals surface area contributed by atoms with E-state index in [0.29, 0.717) is 12.6 Å². The molecular weight excluding hydrogens is 226 g/mol. The number of pyridine rings is 1. The Labute approximate surface area is 105 Å². The van der Waals surface area contributed by atoms with Gasteiger partial charge in [-0.05, 0) is 25.0 Å². The molecule has 1 amide bonds. The van der Waals surface area contributed by atoms with Gasteiger partial charge in [0, 0.05) is 17.6 Å². The van der Waals surface area contributed by atoms with Crippen molar-refractivity contribution in [2.24, 2.45) is 0 Å². The molecule has 4 nitrogen and oxygen atoms in total. The number of benzene rings is 1. The zero-order valence-electron chi connectivity index (χ0n) is 10.0. The summed E-state index contributed by atoms with van der Waals surface area (Å²) in [6, 6.07) is 10.2. The Bertz CT molecular complexity index is 573. The molecular formula is C14H15N3O. The van der Waals surface area contributed by atoms with Crippen LogP contribution in [0.25, 0.3) is 10.9 Å². The van der Waals surface area contributed by atoms with Gasteiger partial charge in [-0.3, -0.25) is 9.78 Å². The molecule has 1 saturated carbocycles. The highest BCUT2D eigenvalue weighted by Crippen LogP contribution is 2.21. The van der Waals surface area contributed by atoms with Crippen LogP contribution in [-0.2, 0) is 4.79 Å². The number of para-hydroxylation sites is 1. The molecule has 1 aromatic carbocycles. The molecule has 2 aromatic rings. The molecule has 2 N–H and O–H groups in total. The largest absolute Gasteiger partial charge is 0.374 e. The molecule has 0 saturated heterocycles. The van der Waals surface area contributed by atoms with Crippen LogP contribution >= 0.6 is 0 Å². The number of rotatable bonds is 4. The topological polar surface area (TPSA) is 54.0 Å². The van der Waals surface area contributed by atoms with Crippen molar-refractivity contribution in [2.75, 3.05) is 11.9 Å². The fraction of sp³-hybridized carbons (Fsp3) is 0.286. The smallest absolute Gasteiger partial charge is 0.239 e. The number of hydrogen-bond donors (Lipinski definition) is 2. The second-order valence-corrected chi connectivity index (χ2v) is 4.58. The Morgan fingerprint density at radius 2 is 2.11 bits per heavy atom.